The molecule has 0 saturated heterocycles. The third-order valence-corrected chi connectivity index (χ3v) is 2.92. The van der Waals surface area contributed by atoms with E-state index in [0.717, 1.165) is 17.0 Å². The molecule has 2 aromatic heterocycles. The van der Waals surface area contributed by atoms with Crippen LogP contribution in [-0.2, 0) is 13.5 Å². The summed E-state index contributed by atoms with van der Waals surface area (Å²) in [6.45, 7) is 1.97. The first-order valence-corrected chi connectivity index (χ1v) is 5.86. The second-order valence-corrected chi connectivity index (χ2v) is 4.31. The van der Waals surface area contributed by atoms with Gasteiger partial charge in [0.25, 0.3) is 0 Å². The summed E-state index contributed by atoms with van der Waals surface area (Å²) in [5.74, 6) is 0.587. The third-order valence-electron chi connectivity index (χ3n) is 2.92. The number of hydrogen-bond acceptors (Lipinski definition) is 4. The predicted molar refractivity (Wildman–Crippen MR) is 69.4 cm³/mol. The van der Waals surface area contributed by atoms with Crippen molar-refractivity contribution in [2.24, 2.45) is 12.8 Å². The monoisotopic (exact) mass is 246 g/mol. The molecule has 2 rings (SSSR count). The fourth-order valence-corrected chi connectivity index (χ4v) is 2.05. The lowest BCUT2D eigenvalue weighted by Crippen LogP contribution is -2.16. The van der Waals surface area contributed by atoms with E-state index in [0.29, 0.717) is 12.3 Å². The summed E-state index contributed by atoms with van der Waals surface area (Å²) in [6.07, 6.45) is 2.41. The van der Waals surface area contributed by atoms with E-state index < -0.39 is 0 Å². The second-order valence-electron chi connectivity index (χ2n) is 4.31. The average molecular weight is 246 g/mol. The number of aryl methyl sites for hydroxylation is 2. The van der Waals surface area contributed by atoms with Crippen LogP contribution < -0.4 is 10.5 Å². The summed E-state index contributed by atoms with van der Waals surface area (Å²) in [4.78, 5) is 4.16. The number of nitrogens with two attached hydrogens (primary N) is 1. The summed E-state index contributed by atoms with van der Waals surface area (Å²) in [5, 5.41) is 4.31. The zero-order valence-electron chi connectivity index (χ0n) is 10.9. The van der Waals surface area contributed by atoms with E-state index in [1.54, 1.807) is 13.3 Å². The van der Waals surface area contributed by atoms with Gasteiger partial charge in [0.15, 0.2) is 0 Å². The Balaban J connectivity index is 2.21. The minimum absolute atomic E-state index is 0.150. The normalized spacial score (nSPS) is 12.4. The van der Waals surface area contributed by atoms with Crippen LogP contribution in [0.3, 0.4) is 0 Å². The van der Waals surface area contributed by atoms with Gasteiger partial charge in [0.2, 0.25) is 5.88 Å². The Morgan fingerprint density at radius 1 is 1.50 bits per heavy atom. The highest BCUT2D eigenvalue weighted by Gasteiger charge is 2.15. The molecule has 1 atom stereocenters. The largest absolute Gasteiger partial charge is 0.481 e. The molecular formula is C13H18N4O. The van der Waals surface area contributed by atoms with E-state index >= 15 is 0 Å². The molecule has 1 unspecified atom stereocenters. The lowest BCUT2D eigenvalue weighted by atomic mass is 10.0. The van der Waals surface area contributed by atoms with Crippen LogP contribution >= 0.6 is 0 Å². The number of pyridine rings is 1. The first kappa shape index (κ1) is 12.6. The molecule has 0 bridgehead atoms. The summed E-state index contributed by atoms with van der Waals surface area (Å²) in [7, 11) is 3.53. The first-order valence-electron chi connectivity index (χ1n) is 5.86. The van der Waals surface area contributed by atoms with Crippen LogP contribution in [0.4, 0.5) is 0 Å². The maximum absolute atomic E-state index is 6.22. The van der Waals surface area contributed by atoms with E-state index in [-0.39, 0.29) is 6.04 Å². The maximum Gasteiger partial charge on any atom is 0.217 e. The van der Waals surface area contributed by atoms with Crippen molar-refractivity contribution in [3.05, 3.63) is 41.3 Å². The average Bonchev–Trinajstić information content (AvgIpc) is 2.67. The molecule has 2 N–H and O–H groups in total. The minimum Gasteiger partial charge on any atom is -0.481 e. The molecule has 5 heteroatoms. The van der Waals surface area contributed by atoms with Crippen LogP contribution in [0.15, 0.2) is 24.4 Å². The molecule has 0 spiro atoms. The standard InChI is InChI=1S/C13H18N4O/c1-9-7-10(17(2)16-9)8-12(14)11-5-4-6-15-13(11)18-3/h4-7,12H,8,14H2,1-3H3. The fourth-order valence-electron chi connectivity index (χ4n) is 2.05. The van der Waals surface area contributed by atoms with Crippen LogP contribution in [-0.4, -0.2) is 21.9 Å². The quantitative estimate of drug-likeness (QED) is 0.885. The Hall–Kier alpha value is -1.88. The fraction of sp³-hybridized carbons (Fsp3) is 0.385. The molecule has 18 heavy (non-hydrogen) atoms. The maximum atomic E-state index is 6.22. The van der Waals surface area contributed by atoms with Gasteiger partial charge in [0.05, 0.1) is 12.8 Å². The number of hydrogen-bond donors (Lipinski definition) is 1. The van der Waals surface area contributed by atoms with E-state index in [1.165, 1.54) is 0 Å². The Morgan fingerprint density at radius 3 is 2.89 bits per heavy atom. The Morgan fingerprint density at radius 2 is 2.28 bits per heavy atom. The van der Waals surface area contributed by atoms with Crippen molar-refractivity contribution in [1.29, 1.82) is 0 Å². The summed E-state index contributed by atoms with van der Waals surface area (Å²) in [5.41, 5.74) is 9.24. The Kier molecular flexibility index (Phi) is 3.62. The molecular weight excluding hydrogens is 228 g/mol. The van der Waals surface area contributed by atoms with Gasteiger partial charge in [-0.05, 0) is 19.1 Å². The van der Waals surface area contributed by atoms with Gasteiger partial charge in [-0.1, -0.05) is 6.07 Å². The van der Waals surface area contributed by atoms with Crippen molar-refractivity contribution >= 4 is 0 Å². The van der Waals surface area contributed by atoms with Crippen molar-refractivity contribution in [2.45, 2.75) is 19.4 Å². The SMILES string of the molecule is COc1ncccc1C(N)Cc1cc(C)nn1C. The highest BCUT2D eigenvalue weighted by Crippen LogP contribution is 2.23. The summed E-state index contributed by atoms with van der Waals surface area (Å²) in [6, 6.07) is 5.71. The molecule has 0 amide bonds. The molecule has 0 fully saturated rings. The smallest absolute Gasteiger partial charge is 0.217 e. The summed E-state index contributed by atoms with van der Waals surface area (Å²) >= 11 is 0. The van der Waals surface area contributed by atoms with E-state index in [9.17, 15) is 0 Å². The molecule has 0 saturated carbocycles. The molecule has 0 aliphatic carbocycles. The van der Waals surface area contributed by atoms with Crippen molar-refractivity contribution in [1.82, 2.24) is 14.8 Å². The minimum atomic E-state index is -0.150. The zero-order valence-corrected chi connectivity index (χ0v) is 10.9. The van der Waals surface area contributed by atoms with Crippen molar-refractivity contribution in [2.75, 3.05) is 7.11 Å². The number of methoxy groups -OCH3 is 1. The van der Waals surface area contributed by atoms with Crippen LogP contribution in [0, 0.1) is 6.92 Å². The van der Waals surface area contributed by atoms with Gasteiger partial charge in [-0.2, -0.15) is 5.10 Å². The molecule has 5 nitrogen and oxygen atoms in total. The molecule has 0 aromatic carbocycles. The highest BCUT2D eigenvalue weighted by atomic mass is 16.5. The molecule has 0 radical (unpaired) electrons. The molecule has 2 heterocycles. The van der Waals surface area contributed by atoms with E-state index in [2.05, 4.69) is 10.1 Å². The van der Waals surface area contributed by atoms with Gasteiger partial charge >= 0.3 is 0 Å². The van der Waals surface area contributed by atoms with Crippen LogP contribution in [0.1, 0.15) is 23.0 Å². The molecule has 2 aromatic rings. The number of aromatic nitrogens is 3. The van der Waals surface area contributed by atoms with Gasteiger partial charge in [0.1, 0.15) is 0 Å². The topological polar surface area (TPSA) is 66.0 Å². The zero-order chi connectivity index (χ0) is 13.1. The summed E-state index contributed by atoms with van der Waals surface area (Å²) < 4.78 is 7.09. The van der Waals surface area contributed by atoms with Crippen molar-refractivity contribution in [3.8, 4) is 5.88 Å². The van der Waals surface area contributed by atoms with E-state index in [4.69, 9.17) is 10.5 Å². The first-order chi connectivity index (χ1) is 8.61. The number of rotatable bonds is 4. The van der Waals surface area contributed by atoms with Crippen LogP contribution in [0.25, 0.3) is 0 Å². The van der Waals surface area contributed by atoms with Crippen LogP contribution in [0.2, 0.25) is 0 Å². The van der Waals surface area contributed by atoms with Gasteiger partial charge in [-0.25, -0.2) is 4.98 Å². The van der Waals surface area contributed by atoms with Crippen LogP contribution in [0.5, 0.6) is 5.88 Å². The lowest BCUT2D eigenvalue weighted by molar-refractivity contribution is 0.388. The molecule has 0 aliphatic rings. The molecule has 96 valence electrons. The highest BCUT2D eigenvalue weighted by molar-refractivity contribution is 5.30. The number of ether oxygens (including phenoxy) is 1. The van der Waals surface area contributed by atoms with Gasteiger partial charge < -0.3 is 10.5 Å². The van der Waals surface area contributed by atoms with E-state index in [1.807, 2.05) is 36.9 Å². The lowest BCUT2D eigenvalue weighted by Gasteiger charge is -2.14. The Labute approximate surface area is 107 Å². The van der Waals surface area contributed by atoms with Gasteiger partial charge in [-0.15, -0.1) is 0 Å². The third kappa shape index (κ3) is 2.51. The van der Waals surface area contributed by atoms with Gasteiger partial charge in [-0.3, -0.25) is 4.68 Å². The molecule has 0 aliphatic heterocycles. The van der Waals surface area contributed by atoms with Crippen molar-refractivity contribution < 1.29 is 4.74 Å². The van der Waals surface area contributed by atoms with Gasteiger partial charge in [0, 0.05) is 37.0 Å². The second kappa shape index (κ2) is 5.18. The number of nitrogens with zero attached hydrogens (tertiary/aromatic N) is 3. The Bertz CT molecular complexity index is 536. The predicted octanol–water partition coefficient (Wildman–Crippen LogP) is 1.37. The van der Waals surface area contributed by atoms with Crippen molar-refractivity contribution in [3.63, 3.8) is 0 Å².